The Bertz CT molecular complexity index is 813. The zero-order valence-corrected chi connectivity index (χ0v) is 13.6. The standard InChI is InChI=1S/C17H16FN3O5/c18-14-10-13(21(24)25)6-7-15(14)26-11-17(23)20(9-8-16(19)22)12-4-2-1-3-5-12/h1-7,10H,8-9,11H2,(H2,19,22). The fourth-order valence-electron chi connectivity index (χ4n) is 2.17. The summed E-state index contributed by atoms with van der Waals surface area (Å²) in [6.07, 6.45) is -0.0491. The van der Waals surface area contributed by atoms with E-state index in [1.165, 1.54) is 4.90 Å². The highest BCUT2D eigenvalue weighted by Gasteiger charge is 2.18. The van der Waals surface area contributed by atoms with Crippen molar-refractivity contribution in [2.24, 2.45) is 5.73 Å². The largest absolute Gasteiger partial charge is 0.481 e. The number of nitrogens with zero attached hydrogens (tertiary/aromatic N) is 2. The summed E-state index contributed by atoms with van der Waals surface area (Å²) in [7, 11) is 0. The van der Waals surface area contributed by atoms with Gasteiger partial charge >= 0.3 is 0 Å². The van der Waals surface area contributed by atoms with Crippen LogP contribution in [0.5, 0.6) is 5.75 Å². The lowest BCUT2D eigenvalue weighted by molar-refractivity contribution is -0.385. The van der Waals surface area contributed by atoms with Crippen molar-refractivity contribution in [1.29, 1.82) is 0 Å². The van der Waals surface area contributed by atoms with E-state index in [4.69, 9.17) is 10.5 Å². The molecule has 2 N–H and O–H groups in total. The number of carbonyl (C=O) groups excluding carboxylic acids is 2. The monoisotopic (exact) mass is 361 g/mol. The predicted molar refractivity (Wildman–Crippen MR) is 91.2 cm³/mol. The molecular weight excluding hydrogens is 345 g/mol. The molecule has 136 valence electrons. The average molecular weight is 361 g/mol. The van der Waals surface area contributed by atoms with Crippen LogP contribution in [0.2, 0.25) is 0 Å². The van der Waals surface area contributed by atoms with Crippen molar-refractivity contribution in [3.8, 4) is 5.75 Å². The number of ether oxygens (including phenoxy) is 1. The average Bonchev–Trinajstić information content (AvgIpc) is 2.61. The Morgan fingerprint density at radius 2 is 1.88 bits per heavy atom. The van der Waals surface area contributed by atoms with E-state index in [1.807, 2.05) is 0 Å². The van der Waals surface area contributed by atoms with Crippen molar-refractivity contribution in [2.45, 2.75) is 6.42 Å². The Balaban J connectivity index is 2.09. The van der Waals surface area contributed by atoms with Gasteiger partial charge in [0, 0.05) is 24.7 Å². The predicted octanol–water partition coefficient (Wildman–Crippen LogP) is 2.02. The second-order valence-corrected chi connectivity index (χ2v) is 5.26. The Morgan fingerprint density at radius 3 is 2.46 bits per heavy atom. The third kappa shape index (κ3) is 5.00. The zero-order chi connectivity index (χ0) is 19.1. The van der Waals surface area contributed by atoms with Gasteiger partial charge in [0.15, 0.2) is 18.2 Å². The number of nitro benzene ring substituents is 1. The van der Waals surface area contributed by atoms with Gasteiger partial charge in [-0.05, 0) is 18.2 Å². The molecule has 2 aromatic rings. The molecule has 0 unspecified atom stereocenters. The number of non-ortho nitro benzene ring substituents is 1. The minimum absolute atomic E-state index is 0.0459. The van der Waals surface area contributed by atoms with Crippen LogP contribution >= 0.6 is 0 Å². The second-order valence-electron chi connectivity index (χ2n) is 5.26. The number of nitro groups is 1. The van der Waals surface area contributed by atoms with Crippen LogP contribution in [0.4, 0.5) is 15.8 Å². The summed E-state index contributed by atoms with van der Waals surface area (Å²) >= 11 is 0. The maximum absolute atomic E-state index is 13.8. The van der Waals surface area contributed by atoms with Crippen LogP contribution in [0.1, 0.15) is 6.42 Å². The van der Waals surface area contributed by atoms with E-state index in [9.17, 15) is 24.1 Å². The second kappa shape index (κ2) is 8.56. The molecule has 0 radical (unpaired) electrons. The van der Waals surface area contributed by atoms with E-state index >= 15 is 0 Å². The van der Waals surface area contributed by atoms with Crippen LogP contribution in [0.25, 0.3) is 0 Å². The van der Waals surface area contributed by atoms with E-state index in [1.54, 1.807) is 30.3 Å². The number of halogens is 1. The Labute approximate surface area is 148 Å². The van der Waals surface area contributed by atoms with Gasteiger partial charge in [0.2, 0.25) is 5.91 Å². The van der Waals surface area contributed by atoms with Crippen molar-refractivity contribution in [2.75, 3.05) is 18.1 Å². The molecule has 0 saturated carbocycles. The van der Waals surface area contributed by atoms with Gasteiger partial charge in [-0.2, -0.15) is 0 Å². The van der Waals surface area contributed by atoms with Crippen molar-refractivity contribution >= 4 is 23.2 Å². The SMILES string of the molecule is NC(=O)CCN(C(=O)COc1ccc([N+](=O)[O-])cc1F)c1ccccc1. The van der Waals surface area contributed by atoms with Gasteiger partial charge in [0.05, 0.1) is 11.0 Å². The van der Waals surface area contributed by atoms with Gasteiger partial charge < -0.3 is 15.4 Å². The normalized spacial score (nSPS) is 10.2. The third-order valence-corrected chi connectivity index (χ3v) is 3.43. The first kappa shape index (κ1) is 18.8. The molecular formula is C17H16FN3O5. The summed E-state index contributed by atoms with van der Waals surface area (Å²) in [5, 5.41) is 10.6. The number of amides is 2. The van der Waals surface area contributed by atoms with Gasteiger partial charge in [0.25, 0.3) is 11.6 Å². The van der Waals surface area contributed by atoms with E-state index in [0.29, 0.717) is 11.8 Å². The number of nitrogens with two attached hydrogens (primary N) is 1. The maximum atomic E-state index is 13.8. The van der Waals surface area contributed by atoms with Gasteiger partial charge in [-0.25, -0.2) is 4.39 Å². The van der Waals surface area contributed by atoms with Gasteiger partial charge in [-0.3, -0.25) is 19.7 Å². The molecule has 0 saturated heterocycles. The van der Waals surface area contributed by atoms with E-state index in [-0.39, 0.29) is 18.7 Å². The first-order valence-corrected chi connectivity index (χ1v) is 7.59. The van der Waals surface area contributed by atoms with Crippen LogP contribution in [0.15, 0.2) is 48.5 Å². The molecule has 0 aliphatic heterocycles. The van der Waals surface area contributed by atoms with Crippen molar-refractivity contribution < 1.29 is 23.6 Å². The number of rotatable bonds is 8. The first-order valence-electron chi connectivity index (χ1n) is 7.59. The van der Waals surface area contributed by atoms with Crippen LogP contribution in [-0.2, 0) is 9.59 Å². The molecule has 2 rings (SSSR count). The topological polar surface area (TPSA) is 116 Å². The molecule has 0 atom stereocenters. The van der Waals surface area contributed by atoms with Crippen molar-refractivity contribution in [3.05, 3.63) is 64.5 Å². The summed E-state index contributed by atoms with van der Waals surface area (Å²) < 4.78 is 19.0. The van der Waals surface area contributed by atoms with Crippen molar-refractivity contribution in [3.63, 3.8) is 0 Å². The summed E-state index contributed by atoms with van der Waals surface area (Å²) in [6, 6.07) is 11.4. The minimum Gasteiger partial charge on any atom is -0.481 e. The van der Waals surface area contributed by atoms with E-state index in [2.05, 4.69) is 0 Å². The van der Waals surface area contributed by atoms with Crippen LogP contribution < -0.4 is 15.4 Å². The highest BCUT2D eigenvalue weighted by atomic mass is 19.1. The molecule has 26 heavy (non-hydrogen) atoms. The Kier molecular flexibility index (Phi) is 6.20. The highest BCUT2D eigenvalue weighted by molar-refractivity contribution is 5.95. The first-order chi connectivity index (χ1) is 12.4. The summed E-state index contributed by atoms with van der Waals surface area (Å²) in [5.74, 6) is -2.32. The molecule has 9 heteroatoms. The summed E-state index contributed by atoms with van der Waals surface area (Å²) in [6.45, 7) is -0.466. The van der Waals surface area contributed by atoms with Gasteiger partial charge in [-0.1, -0.05) is 18.2 Å². The van der Waals surface area contributed by atoms with E-state index in [0.717, 1.165) is 12.1 Å². The highest BCUT2D eigenvalue weighted by Crippen LogP contribution is 2.23. The lowest BCUT2D eigenvalue weighted by atomic mass is 10.2. The number of primary amides is 1. The fraction of sp³-hybridized carbons (Fsp3) is 0.176. The molecule has 2 amide bonds. The third-order valence-electron chi connectivity index (χ3n) is 3.43. The van der Waals surface area contributed by atoms with Crippen LogP contribution in [0, 0.1) is 15.9 Å². The quantitative estimate of drug-likeness (QED) is 0.570. The molecule has 0 heterocycles. The van der Waals surface area contributed by atoms with Crippen LogP contribution in [-0.4, -0.2) is 29.9 Å². The number of benzene rings is 2. The Hall–Kier alpha value is -3.49. The fourth-order valence-corrected chi connectivity index (χ4v) is 2.17. The number of para-hydroxylation sites is 1. The smallest absolute Gasteiger partial charge is 0.272 e. The summed E-state index contributed by atoms with van der Waals surface area (Å²) in [4.78, 5) is 34.6. The molecule has 8 nitrogen and oxygen atoms in total. The zero-order valence-electron chi connectivity index (χ0n) is 13.6. The lowest BCUT2D eigenvalue weighted by Crippen LogP contribution is -2.37. The molecule has 0 aliphatic carbocycles. The molecule has 0 bridgehead atoms. The summed E-state index contributed by atoms with van der Waals surface area (Å²) in [5.41, 5.74) is 5.24. The molecule has 2 aromatic carbocycles. The van der Waals surface area contributed by atoms with Gasteiger partial charge in [-0.15, -0.1) is 0 Å². The molecule has 0 aromatic heterocycles. The Morgan fingerprint density at radius 1 is 1.19 bits per heavy atom. The number of anilines is 1. The number of hydrogen-bond acceptors (Lipinski definition) is 5. The van der Waals surface area contributed by atoms with Gasteiger partial charge in [0.1, 0.15) is 0 Å². The molecule has 0 aliphatic rings. The minimum atomic E-state index is -0.949. The number of carbonyl (C=O) groups is 2. The lowest BCUT2D eigenvalue weighted by Gasteiger charge is -2.22. The molecule has 0 spiro atoms. The van der Waals surface area contributed by atoms with Crippen LogP contribution in [0.3, 0.4) is 0 Å². The maximum Gasteiger partial charge on any atom is 0.272 e. The van der Waals surface area contributed by atoms with Crippen molar-refractivity contribution in [1.82, 2.24) is 0 Å². The molecule has 0 fully saturated rings. The number of hydrogen-bond donors (Lipinski definition) is 1. The van der Waals surface area contributed by atoms with E-state index < -0.39 is 34.8 Å².